The lowest BCUT2D eigenvalue weighted by atomic mass is 9.71. The van der Waals surface area contributed by atoms with Crippen LogP contribution in [0.1, 0.15) is 56.9 Å². The Balaban J connectivity index is 1.12. The number of nitrogens with one attached hydrogen (secondary N) is 2. The average Bonchev–Trinajstić information content (AvgIpc) is 3.43. The first kappa shape index (κ1) is 16.6. The van der Waals surface area contributed by atoms with Crippen LogP contribution in [0.25, 0.3) is 0 Å². The fourth-order valence-electron chi connectivity index (χ4n) is 4.85. The summed E-state index contributed by atoms with van der Waals surface area (Å²) in [5.41, 5.74) is 2.69. The van der Waals surface area contributed by atoms with Crippen molar-refractivity contribution in [3.05, 3.63) is 28.8 Å². The molecule has 0 saturated heterocycles. The predicted octanol–water partition coefficient (Wildman–Crippen LogP) is 4.28. The van der Waals surface area contributed by atoms with Crippen LogP contribution >= 0.6 is 11.6 Å². The van der Waals surface area contributed by atoms with Crippen LogP contribution in [0, 0.1) is 22.7 Å². The van der Waals surface area contributed by atoms with Crippen LogP contribution in [-0.2, 0) is 16.1 Å². The Morgan fingerprint density at radius 3 is 2.08 bits per heavy atom. The van der Waals surface area contributed by atoms with Crippen molar-refractivity contribution in [3.63, 3.8) is 0 Å². The first-order chi connectivity index (χ1) is 12.5. The molecule has 1 aromatic carbocycles. The zero-order chi connectivity index (χ0) is 17.9. The van der Waals surface area contributed by atoms with Gasteiger partial charge in [0.25, 0.3) is 0 Å². The van der Waals surface area contributed by atoms with E-state index in [0.717, 1.165) is 31.2 Å². The molecule has 0 aromatic heterocycles. The van der Waals surface area contributed by atoms with E-state index in [1.807, 2.05) is 18.2 Å². The van der Waals surface area contributed by atoms with Crippen molar-refractivity contribution in [1.82, 2.24) is 5.32 Å². The molecule has 2 N–H and O–H groups in total. The number of hydrogen-bond donors (Lipinski definition) is 2. The maximum Gasteiger partial charge on any atom is 0.227 e. The maximum absolute atomic E-state index is 12.3. The summed E-state index contributed by atoms with van der Waals surface area (Å²) in [4.78, 5) is 24.5. The molecule has 0 radical (unpaired) electrons. The highest BCUT2D eigenvalue weighted by molar-refractivity contribution is 6.33. The number of benzene rings is 1. The molecule has 4 aliphatic carbocycles. The first-order valence-electron chi connectivity index (χ1n) is 9.83. The Morgan fingerprint density at radius 2 is 1.54 bits per heavy atom. The molecule has 0 unspecified atom stereocenters. The zero-order valence-corrected chi connectivity index (χ0v) is 15.7. The van der Waals surface area contributed by atoms with E-state index in [1.165, 1.54) is 25.7 Å². The number of carbonyl (C=O) groups is 2. The molecule has 5 heteroatoms. The molecular formula is C21H25ClN2O2. The summed E-state index contributed by atoms with van der Waals surface area (Å²) < 4.78 is 0. The van der Waals surface area contributed by atoms with Crippen molar-refractivity contribution >= 4 is 29.1 Å². The summed E-state index contributed by atoms with van der Waals surface area (Å²) in [7, 11) is 0. The molecule has 2 spiro atoms. The quantitative estimate of drug-likeness (QED) is 0.810. The molecule has 0 atom stereocenters. The third kappa shape index (κ3) is 3.02. The van der Waals surface area contributed by atoms with Gasteiger partial charge in [-0.15, -0.1) is 0 Å². The van der Waals surface area contributed by atoms with Gasteiger partial charge in [-0.05, 0) is 79.9 Å². The Hall–Kier alpha value is -1.55. The van der Waals surface area contributed by atoms with Gasteiger partial charge in [-0.3, -0.25) is 9.59 Å². The summed E-state index contributed by atoms with van der Waals surface area (Å²) in [6.07, 6.45) is 9.38. The van der Waals surface area contributed by atoms with E-state index < -0.39 is 0 Å². The Labute approximate surface area is 159 Å². The monoisotopic (exact) mass is 372 g/mol. The molecule has 4 aliphatic rings. The van der Waals surface area contributed by atoms with Crippen LogP contribution in [-0.4, -0.2) is 11.8 Å². The predicted molar refractivity (Wildman–Crippen MR) is 101 cm³/mol. The SMILES string of the molecule is O=C(NCc1ccc(NC(=O)C2CC3(CC3)C2)c(Cl)c1)C1CC2(CC2)C1. The third-order valence-corrected chi connectivity index (χ3v) is 7.44. The van der Waals surface area contributed by atoms with E-state index in [4.69, 9.17) is 11.6 Å². The van der Waals surface area contributed by atoms with Gasteiger partial charge in [0.05, 0.1) is 10.7 Å². The van der Waals surface area contributed by atoms with Gasteiger partial charge in [0.15, 0.2) is 0 Å². The highest BCUT2D eigenvalue weighted by Crippen LogP contribution is 2.64. The van der Waals surface area contributed by atoms with Crippen LogP contribution in [0.5, 0.6) is 0 Å². The summed E-state index contributed by atoms with van der Waals surface area (Å²) >= 11 is 6.34. The minimum absolute atomic E-state index is 0.0875. The summed E-state index contributed by atoms with van der Waals surface area (Å²) in [6, 6.07) is 5.60. The van der Waals surface area contributed by atoms with E-state index in [0.29, 0.717) is 28.1 Å². The summed E-state index contributed by atoms with van der Waals surface area (Å²) in [6.45, 7) is 0.488. The number of hydrogen-bond acceptors (Lipinski definition) is 2. The zero-order valence-electron chi connectivity index (χ0n) is 14.9. The van der Waals surface area contributed by atoms with Crippen molar-refractivity contribution in [3.8, 4) is 0 Å². The van der Waals surface area contributed by atoms with Crippen molar-refractivity contribution in [1.29, 1.82) is 0 Å². The number of anilines is 1. The molecule has 5 rings (SSSR count). The second kappa shape index (κ2) is 5.72. The third-order valence-electron chi connectivity index (χ3n) is 7.13. The average molecular weight is 373 g/mol. The topological polar surface area (TPSA) is 58.2 Å². The Bertz CT molecular complexity index is 766. The lowest BCUT2D eigenvalue weighted by Gasteiger charge is -2.34. The van der Waals surface area contributed by atoms with E-state index in [1.54, 1.807) is 0 Å². The molecule has 138 valence electrons. The second-order valence-corrected chi connectivity index (χ2v) is 9.64. The first-order valence-corrected chi connectivity index (χ1v) is 10.2. The second-order valence-electron chi connectivity index (χ2n) is 9.23. The lowest BCUT2D eigenvalue weighted by molar-refractivity contribution is -0.130. The highest BCUT2D eigenvalue weighted by atomic mass is 35.5. The van der Waals surface area contributed by atoms with Gasteiger partial charge in [0, 0.05) is 18.4 Å². The van der Waals surface area contributed by atoms with Gasteiger partial charge >= 0.3 is 0 Å². The normalized spacial score (nSPS) is 26.7. The largest absolute Gasteiger partial charge is 0.352 e. The van der Waals surface area contributed by atoms with Gasteiger partial charge in [0.2, 0.25) is 11.8 Å². The van der Waals surface area contributed by atoms with Crippen molar-refractivity contribution in [2.75, 3.05) is 5.32 Å². The van der Waals surface area contributed by atoms with Gasteiger partial charge in [0.1, 0.15) is 0 Å². The van der Waals surface area contributed by atoms with Crippen LogP contribution in [0.3, 0.4) is 0 Å². The molecule has 1 aromatic rings. The Kier molecular flexibility index (Phi) is 3.66. The molecule has 2 amide bonds. The lowest BCUT2D eigenvalue weighted by Crippen LogP contribution is -2.39. The molecule has 4 nitrogen and oxygen atoms in total. The van der Waals surface area contributed by atoms with Gasteiger partial charge < -0.3 is 10.6 Å². The molecule has 0 heterocycles. The van der Waals surface area contributed by atoms with Crippen LogP contribution < -0.4 is 10.6 Å². The maximum atomic E-state index is 12.3. The molecular weight excluding hydrogens is 348 g/mol. The van der Waals surface area contributed by atoms with E-state index >= 15 is 0 Å². The van der Waals surface area contributed by atoms with E-state index in [-0.39, 0.29) is 23.7 Å². The number of carbonyl (C=O) groups excluding carboxylic acids is 2. The van der Waals surface area contributed by atoms with Crippen molar-refractivity contribution in [2.45, 2.75) is 57.9 Å². The Morgan fingerprint density at radius 1 is 0.962 bits per heavy atom. The highest BCUT2D eigenvalue weighted by Gasteiger charge is 2.55. The van der Waals surface area contributed by atoms with Gasteiger partial charge in [-0.25, -0.2) is 0 Å². The van der Waals surface area contributed by atoms with E-state index in [2.05, 4.69) is 10.6 Å². The van der Waals surface area contributed by atoms with Crippen molar-refractivity contribution in [2.24, 2.45) is 22.7 Å². The van der Waals surface area contributed by atoms with Crippen LogP contribution in [0.4, 0.5) is 5.69 Å². The van der Waals surface area contributed by atoms with E-state index in [9.17, 15) is 9.59 Å². The molecule has 4 saturated carbocycles. The van der Waals surface area contributed by atoms with Crippen LogP contribution in [0.15, 0.2) is 18.2 Å². The molecule has 4 fully saturated rings. The minimum atomic E-state index is 0.0875. The molecule has 0 aliphatic heterocycles. The minimum Gasteiger partial charge on any atom is -0.352 e. The fraction of sp³-hybridized carbons (Fsp3) is 0.619. The van der Waals surface area contributed by atoms with Gasteiger partial charge in [-0.2, -0.15) is 0 Å². The van der Waals surface area contributed by atoms with Gasteiger partial charge in [-0.1, -0.05) is 17.7 Å². The number of amides is 2. The molecule has 0 bridgehead atoms. The number of halogens is 1. The number of rotatable bonds is 5. The summed E-state index contributed by atoms with van der Waals surface area (Å²) in [5, 5.41) is 6.52. The smallest absolute Gasteiger partial charge is 0.227 e. The standard InChI is InChI=1S/C21H25ClN2O2/c22-16-7-13(12-23-18(25)14-8-20(9-14)3-4-20)1-2-17(16)24-19(26)15-10-21(11-15)5-6-21/h1-2,7,14-15H,3-6,8-12H2,(H,23,25)(H,24,26). The van der Waals surface area contributed by atoms with Crippen LogP contribution in [0.2, 0.25) is 5.02 Å². The fourth-order valence-corrected chi connectivity index (χ4v) is 5.10. The molecule has 26 heavy (non-hydrogen) atoms. The summed E-state index contributed by atoms with van der Waals surface area (Å²) in [5.74, 6) is 0.591. The van der Waals surface area contributed by atoms with Crippen molar-refractivity contribution < 1.29 is 9.59 Å².